The summed E-state index contributed by atoms with van der Waals surface area (Å²) in [5, 5.41) is 11.3. The fourth-order valence-electron chi connectivity index (χ4n) is 1.14. The monoisotopic (exact) mass is 165 g/mol. The predicted molar refractivity (Wildman–Crippen MR) is 48.7 cm³/mol. The highest BCUT2D eigenvalue weighted by Crippen LogP contribution is 2.19. The molecule has 66 valence electrons. The summed E-state index contributed by atoms with van der Waals surface area (Å²) in [7, 11) is 0. The van der Waals surface area contributed by atoms with Gasteiger partial charge < -0.3 is 5.21 Å². The third-order valence-corrected chi connectivity index (χ3v) is 2.32. The van der Waals surface area contributed by atoms with Crippen molar-refractivity contribution in [2.45, 2.75) is 26.7 Å². The van der Waals surface area contributed by atoms with Crippen LogP contribution in [0.2, 0.25) is 0 Å². The summed E-state index contributed by atoms with van der Waals surface area (Å²) in [6.45, 7) is 6.32. The molecule has 0 radical (unpaired) electrons. The molecule has 0 spiro atoms. The van der Waals surface area contributed by atoms with E-state index in [0.29, 0.717) is 11.8 Å². The Morgan fingerprint density at radius 3 is 2.42 bits per heavy atom. The number of aromatic nitrogens is 1. The second kappa shape index (κ2) is 3.57. The molecule has 0 amide bonds. The Morgan fingerprint density at radius 1 is 1.25 bits per heavy atom. The van der Waals surface area contributed by atoms with Crippen molar-refractivity contribution in [2.75, 3.05) is 0 Å². The molecule has 1 aromatic rings. The molecule has 1 heterocycles. The van der Waals surface area contributed by atoms with Gasteiger partial charge in [-0.05, 0) is 5.92 Å². The van der Waals surface area contributed by atoms with E-state index in [9.17, 15) is 5.21 Å². The maximum absolute atomic E-state index is 11.3. The Bertz CT molecular complexity index is 258. The molecule has 0 saturated carbocycles. The van der Waals surface area contributed by atoms with Crippen molar-refractivity contribution in [3.63, 3.8) is 0 Å². The second-order valence-electron chi connectivity index (χ2n) is 3.48. The molecule has 0 aliphatic rings. The Balaban J connectivity index is 2.94. The van der Waals surface area contributed by atoms with Crippen LogP contribution in [-0.2, 0) is 0 Å². The van der Waals surface area contributed by atoms with E-state index in [1.807, 2.05) is 12.1 Å². The highest BCUT2D eigenvalue weighted by Gasteiger charge is 2.16. The van der Waals surface area contributed by atoms with E-state index in [0.717, 1.165) is 10.4 Å². The number of hydrogen-bond donors (Lipinski definition) is 0. The van der Waals surface area contributed by atoms with Crippen LogP contribution in [0, 0.1) is 11.1 Å². The standard InChI is InChI=1S/C10H15NO/c1-8(2)9(3)10-6-4-5-7-11(10)12/h4-9H,1-3H3. The minimum atomic E-state index is 0.323. The van der Waals surface area contributed by atoms with Gasteiger partial charge in [-0.3, -0.25) is 0 Å². The molecule has 2 nitrogen and oxygen atoms in total. The molecule has 0 fully saturated rings. The largest absolute Gasteiger partial charge is 0.618 e. The zero-order valence-electron chi connectivity index (χ0n) is 7.82. The van der Waals surface area contributed by atoms with Crippen LogP contribution >= 0.6 is 0 Å². The number of hydrogen-bond acceptors (Lipinski definition) is 1. The summed E-state index contributed by atoms with van der Waals surface area (Å²) in [6.07, 6.45) is 1.55. The lowest BCUT2D eigenvalue weighted by Crippen LogP contribution is -2.33. The summed E-state index contributed by atoms with van der Waals surface area (Å²) in [4.78, 5) is 0. The third-order valence-electron chi connectivity index (χ3n) is 2.32. The van der Waals surface area contributed by atoms with E-state index in [-0.39, 0.29) is 0 Å². The predicted octanol–water partition coefficient (Wildman–Crippen LogP) is 2.08. The molecule has 0 aliphatic carbocycles. The zero-order chi connectivity index (χ0) is 9.14. The first-order valence-electron chi connectivity index (χ1n) is 4.31. The van der Waals surface area contributed by atoms with Crippen LogP contribution in [0.5, 0.6) is 0 Å². The molecule has 1 rings (SSSR count). The van der Waals surface area contributed by atoms with Crippen LogP contribution in [0.3, 0.4) is 0 Å². The zero-order valence-corrected chi connectivity index (χ0v) is 7.82. The summed E-state index contributed by atoms with van der Waals surface area (Å²) in [6, 6.07) is 5.55. The van der Waals surface area contributed by atoms with Crippen LogP contribution in [0.4, 0.5) is 0 Å². The van der Waals surface area contributed by atoms with Crippen LogP contribution in [0.25, 0.3) is 0 Å². The van der Waals surface area contributed by atoms with Crippen molar-refractivity contribution in [3.8, 4) is 0 Å². The molecule has 0 N–H and O–H groups in total. The lowest BCUT2D eigenvalue weighted by Gasteiger charge is -2.14. The average molecular weight is 165 g/mol. The molecule has 0 bridgehead atoms. The van der Waals surface area contributed by atoms with E-state index < -0.39 is 0 Å². The maximum Gasteiger partial charge on any atom is 0.195 e. The Hall–Kier alpha value is -1.05. The Kier molecular flexibility index (Phi) is 2.69. The number of rotatable bonds is 2. The Morgan fingerprint density at radius 2 is 1.92 bits per heavy atom. The Labute approximate surface area is 73.4 Å². The molecule has 0 saturated heterocycles. The van der Waals surface area contributed by atoms with E-state index in [4.69, 9.17) is 0 Å². The first-order chi connectivity index (χ1) is 5.63. The summed E-state index contributed by atoms with van der Waals surface area (Å²) < 4.78 is 0.949. The fourth-order valence-corrected chi connectivity index (χ4v) is 1.14. The van der Waals surface area contributed by atoms with Gasteiger partial charge in [-0.2, -0.15) is 4.73 Å². The van der Waals surface area contributed by atoms with E-state index >= 15 is 0 Å². The van der Waals surface area contributed by atoms with Crippen LogP contribution in [-0.4, -0.2) is 0 Å². The quantitative estimate of drug-likeness (QED) is 0.487. The summed E-state index contributed by atoms with van der Waals surface area (Å²) in [5.41, 5.74) is 0.854. The number of pyridine rings is 1. The molecule has 1 atom stereocenters. The summed E-state index contributed by atoms with van der Waals surface area (Å²) in [5.74, 6) is 0.830. The van der Waals surface area contributed by atoms with Crippen molar-refractivity contribution in [2.24, 2.45) is 5.92 Å². The first-order valence-corrected chi connectivity index (χ1v) is 4.31. The van der Waals surface area contributed by atoms with Crippen molar-refractivity contribution in [1.82, 2.24) is 0 Å². The normalized spacial score (nSPS) is 13.3. The molecule has 1 aromatic heterocycles. The molecule has 2 heteroatoms. The van der Waals surface area contributed by atoms with Crippen molar-refractivity contribution in [3.05, 3.63) is 35.3 Å². The fraction of sp³-hybridized carbons (Fsp3) is 0.500. The van der Waals surface area contributed by atoms with Gasteiger partial charge in [-0.15, -0.1) is 0 Å². The molecule has 1 unspecified atom stereocenters. The first kappa shape index (κ1) is 9.04. The van der Waals surface area contributed by atoms with Gasteiger partial charge in [0.15, 0.2) is 11.9 Å². The van der Waals surface area contributed by atoms with Crippen molar-refractivity contribution in [1.29, 1.82) is 0 Å². The maximum atomic E-state index is 11.3. The molecular formula is C10H15NO. The minimum absolute atomic E-state index is 0.323. The van der Waals surface area contributed by atoms with Gasteiger partial charge in [0.25, 0.3) is 0 Å². The van der Waals surface area contributed by atoms with Gasteiger partial charge in [0.1, 0.15) is 0 Å². The van der Waals surface area contributed by atoms with Gasteiger partial charge in [-0.1, -0.05) is 26.8 Å². The molecule has 0 aliphatic heterocycles. The van der Waals surface area contributed by atoms with Crippen molar-refractivity contribution < 1.29 is 4.73 Å². The van der Waals surface area contributed by atoms with Crippen molar-refractivity contribution >= 4 is 0 Å². The third kappa shape index (κ3) is 1.76. The second-order valence-corrected chi connectivity index (χ2v) is 3.48. The molecule has 0 aromatic carbocycles. The SMILES string of the molecule is CC(C)C(C)c1cccc[n+]1[O-]. The van der Waals surface area contributed by atoms with E-state index in [1.54, 1.807) is 12.3 Å². The van der Waals surface area contributed by atoms with E-state index in [2.05, 4.69) is 20.8 Å². The minimum Gasteiger partial charge on any atom is -0.618 e. The van der Waals surface area contributed by atoms with Gasteiger partial charge >= 0.3 is 0 Å². The van der Waals surface area contributed by atoms with Crippen LogP contribution < -0.4 is 4.73 Å². The smallest absolute Gasteiger partial charge is 0.195 e. The van der Waals surface area contributed by atoms with Gasteiger partial charge in [0.05, 0.1) is 0 Å². The van der Waals surface area contributed by atoms with Crippen LogP contribution in [0.15, 0.2) is 24.4 Å². The highest BCUT2D eigenvalue weighted by atomic mass is 16.5. The van der Waals surface area contributed by atoms with E-state index in [1.165, 1.54) is 0 Å². The lowest BCUT2D eigenvalue weighted by atomic mass is 9.94. The lowest BCUT2D eigenvalue weighted by molar-refractivity contribution is -0.615. The molecular weight excluding hydrogens is 150 g/mol. The average Bonchev–Trinajstić information content (AvgIpc) is 2.04. The van der Waals surface area contributed by atoms with Gasteiger partial charge in [-0.25, -0.2) is 0 Å². The van der Waals surface area contributed by atoms with Gasteiger partial charge in [0.2, 0.25) is 0 Å². The molecule has 12 heavy (non-hydrogen) atoms. The van der Waals surface area contributed by atoms with Crippen LogP contribution in [0.1, 0.15) is 32.4 Å². The number of nitrogens with zero attached hydrogens (tertiary/aromatic N) is 1. The highest BCUT2D eigenvalue weighted by molar-refractivity contribution is 5.03. The van der Waals surface area contributed by atoms with Gasteiger partial charge in [0, 0.05) is 18.1 Å². The topological polar surface area (TPSA) is 26.9 Å². The summed E-state index contributed by atoms with van der Waals surface area (Å²) >= 11 is 0.